The van der Waals surface area contributed by atoms with E-state index in [1.54, 1.807) is 23.1 Å². The molecular formula is C25H24N2O5S. The summed E-state index contributed by atoms with van der Waals surface area (Å²) in [5, 5.41) is 1.41. The molecule has 0 radical (unpaired) electrons. The maximum absolute atomic E-state index is 13.3. The fourth-order valence-electron chi connectivity index (χ4n) is 4.73. The number of rotatable bonds is 3. The van der Waals surface area contributed by atoms with Crippen LogP contribution in [0.25, 0.3) is 10.1 Å². The third-order valence-corrected chi connectivity index (χ3v) is 7.53. The fraction of sp³-hybridized carbons (Fsp3) is 0.320. The summed E-state index contributed by atoms with van der Waals surface area (Å²) in [6.07, 6.45) is 1.50. The normalized spacial score (nSPS) is 17.0. The van der Waals surface area contributed by atoms with Crippen LogP contribution in [0.5, 0.6) is 5.75 Å². The number of benzene rings is 2. The molecule has 5 rings (SSSR count). The molecule has 170 valence electrons. The summed E-state index contributed by atoms with van der Waals surface area (Å²) in [6.45, 7) is 0.983. The van der Waals surface area contributed by atoms with E-state index < -0.39 is 5.60 Å². The Balaban J connectivity index is 1.32. The van der Waals surface area contributed by atoms with E-state index >= 15 is 0 Å². The zero-order valence-electron chi connectivity index (χ0n) is 18.3. The molecule has 0 aliphatic carbocycles. The number of ether oxygens (including phenoxy) is 2. The van der Waals surface area contributed by atoms with Crippen molar-refractivity contribution in [1.29, 1.82) is 0 Å². The Hall–Kier alpha value is -3.39. The molecule has 33 heavy (non-hydrogen) atoms. The predicted molar refractivity (Wildman–Crippen MR) is 126 cm³/mol. The largest absolute Gasteiger partial charge is 0.486 e. The summed E-state index contributed by atoms with van der Waals surface area (Å²) in [5.41, 5.74) is 7.36. The van der Waals surface area contributed by atoms with Crippen LogP contribution in [0.15, 0.2) is 42.5 Å². The van der Waals surface area contributed by atoms with Crippen molar-refractivity contribution in [3.63, 3.8) is 0 Å². The first-order chi connectivity index (χ1) is 15.9. The number of carbonyl (C=O) groups excluding carboxylic acids is 3. The molecule has 2 aliphatic rings. The molecule has 2 N–H and O–H groups in total. The molecule has 3 aromatic rings. The quantitative estimate of drug-likeness (QED) is 0.592. The van der Waals surface area contributed by atoms with Crippen LogP contribution in [-0.4, -0.2) is 48.4 Å². The van der Waals surface area contributed by atoms with E-state index in [0.717, 1.165) is 15.6 Å². The minimum atomic E-state index is -0.618. The monoisotopic (exact) mass is 464 g/mol. The number of fused-ring (bicyclic) bond motifs is 2. The number of nitrogens with two attached hydrogens (primary N) is 1. The number of methoxy groups -OCH3 is 1. The van der Waals surface area contributed by atoms with Gasteiger partial charge in [0.15, 0.2) is 5.78 Å². The number of likely N-dealkylation sites (tertiary alicyclic amines) is 1. The van der Waals surface area contributed by atoms with Crippen LogP contribution in [0, 0.1) is 0 Å². The lowest BCUT2D eigenvalue weighted by Gasteiger charge is -2.44. The van der Waals surface area contributed by atoms with Gasteiger partial charge in [-0.25, -0.2) is 0 Å². The zero-order valence-corrected chi connectivity index (χ0v) is 19.1. The molecule has 1 aromatic heterocycles. The molecule has 8 heteroatoms. The average Bonchev–Trinajstić information content (AvgIpc) is 3.15. The standard InChI is InChI=1S/C25H24N2O5S/c1-31-21(29)13-15-6-7-19-17(12-15)18(28)14-25(32-19)8-10-27(11-9-25)24(30)22-16-4-2-3-5-20(16)33-23(22)26/h2-7,12H,8-11,13-14,26H2,1H3. The molecule has 1 amide bonds. The topological polar surface area (TPSA) is 98.9 Å². The van der Waals surface area contributed by atoms with Gasteiger partial charge < -0.3 is 20.1 Å². The van der Waals surface area contributed by atoms with Crippen LogP contribution >= 0.6 is 11.3 Å². The van der Waals surface area contributed by atoms with E-state index in [1.807, 2.05) is 24.3 Å². The first kappa shape index (κ1) is 21.5. The van der Waals surface area contributed by atoms with E-state index in [0.29, 0.717) is 47.8 Å². The molecule has 2 aromatic carbocycles. The lowest BCUT2D eigenvalue weighted by Crippen LogP contribution is -2.52. The SMILES string of the molecule is COC(=O)Cc1ccc2c(c1)C(=O)CC1(CCN(C(=O)c3c(N)sc4ccccc34)CC1)O2. The molecule has 1 saturated heterocycles. The maximum atomic E-state index is 13.3. The van der Waals surface area contributed by atoms with Crippen LogP contribution in [0.1, 0.15) is 45.5 Å². The van der Waals surface area contributed by atoms with E-state index in [1.165, 1.54) is 18.4 Å². The molecular weight excluding hydrogens is 440 g/mol. The Labute approximate surface area is 195 Å². The van der Waals surface area contributed by atoms with Crippen molar-refractivity contribution in [2.75, 3.05) is 25.9 Å². The van der Waals surface area contributed by atoms with E-state index in [9.17, 15) is 14.4 Å². The maximum Gasteiger partial charge on any atom is 0.309 e. The van der Waals surface area contributed by atoms with Gasteiger partial charge in [0.1, 0.15) is 11.4 Å². The highest BCUT2D eigenvalue weighted by Gasteiger charge is 2.44. The number of anilines is 1. The number of nitrogen functional groups attached to an aromatic ring is 1. The van der Waals surface area contributed by atoms with Crippen LogP contribution in [0.4, 0.5) is 5.00 Å². The molecule has 0 atom stereocenters. The summed E-state index contributed by atoms with van der Waals surface area (Å²) < 4.78 is 12.0. The van der Waals surface area contributed by atoms with Crippen molar-refractivity contribution >= 4 is 44.1 Å². The van der Waals surface area contributed by atoms with Gasteiger partial charge in [-0.15, -0.1) is 11.3 Å². The Kier molecular flexibility index (Phi) is 5.32. The second kappa shape index (κ2) is 8.19. The molecule has 2 aliphatic heterocycles. The van der Waals surface area contributed by atoms with Gasteiger partial charge in [0, 0.05) is 36.0 Å². The number of Topliss-reactive ketones (excluding diaryl/α,β-unsaturated/α-hetero) is 1. The highest BCUT2D eigenvalue weighted by Crippen LogP contribution is 2.41. The molecule has 0 bridgehead atoms. The average molecular weight is 465 g/mol. The molecule has 1 fully saturated rings. The predicted octanol–water partition coefficient (Wildman–Crippen LogP) is 3.84. The summed E-state index contributed by atoms with van der Waals surface area (Å²) in [4.78, 5) is 39.6. The van der Waals surface area contributed by atoms with Gasteiger partial charge >= 0.3 is 5.97 Å². The number of thiophene rings is 1. The van der Waals surface area contributed by atoms with Gasteiger partial charge in [0.05, 0.1) is 36.1 Å². The number of hydrogen-bond acceptors (Lipinski definition) is 7. The highest BCUT2D eigenvalue weighted by atomic mass is 32.1. The summed E-state index contributed by atoms with van der Waals surface area (Å²) in [5.74, 6) is 0.102. The summed E-state index contributed by atoms with van der Waals surface area (Å²) in [6, 6.07) is 13.0. The van der Waals surface area contributed by atoms with Gasteiger partial charge in [-0.05, 0) is 23.8 Å². The molecule has 0 saturated carbocycles. The van der Waals surface area contributed by atoms with Crippen LogP contribution in [0.3, 0.4) is 0 Å². The van der Waals surface area contributed by atoms with Crippen molar-refractivity contribution in [1.82, 2.24) is 4.90 Å². The first-order valence-electron chi connectivity index (χ1n) is 10.9. The zero-order chi connectivity index (χ0) is 23.2. The van der Waals surface area contributed by atoms with E-state index in [-0.39, 0.29) is 30.5 Å². The fourth-order valence-corrected chi connectivity index (χ4v) is 5.69. The van der Waals surface area contributed by atoms with Crippen molar-refractivity contribution in [2.24, 2.45) is 0 Å². The second-order valence-electron chi connectivity index (χ2n) is 8.60. The Morgan fingerprint density at radius 2 is 1.94 bits per heavy atom. The molecule has 1 spiro atoms. The van der Waals surface area contributed by atoms with Crippen LogP contribution < -0.4 is 10.5 Å². The first-order valence-corrected chi connectivity index (χ1v) is 11.7. The number of hydrogen-bond donors (Lipinski definition) is 1. The lowest BCUT2D eigenvalue weighted by molar-refractivity contribution is -0.139. The number of carbonyl (C=O) groups is 3. The number of ketones is 1. The molecule has 7 nitrogen and oxygen atoms in total. The number of amides is 1. The van der Waals surface area contributed by atoms with Gasteiger partial charge in [0.2, 0.25) is 0 Å². The van der Waals surface area contributed by atoms with Crippen molar-refractivity contribution < 1.29 is 23.9 Å². The van der Waals surface area contributed by atoms with Crippen molar-refractivity contribution in [3.8, 4) is 5.75 Å². The highest BCUT2D eigenvalue weighted by molar-refractivity contribution is 7.23. The Morgan fingerprint density at radius 3 is 2.70 bits per heavy atom. The van der Waals surface area contributed by atoms with Gasteiger partial charge in [-0.1, -0.05) is 24.3 Å². The van der Waals surface area contributed by atoms with Gasteiger partial charge in [0.25, 0.3) is 5.91 Å². The summed E-state index contributed by atoms with van der Waals surface area (Å²) in [7, 11) is 1.34. The van der Waals surface area contributed by atoms with Crippen LogP contribution in [-0.2, 0) is 16.0 Å². The summed E-state index contributed by atoms with van der Waals surface area (Å²) >= 11 is 1.42. The van der Waals surface area contributed by atoms with Crippen molar-refractivity contribution in [3.05, 3.63) is 59.2 Å². The number of nitrogens with zero attached hydrogens (tertiary/aromatic N) is 1. The smallest absolute Gasteiger partial charge is 0.309 e. The lowest BCUT2D eigenvalue weighted by atomic mass is 9.82. The van der Waals surface area contributed by atoms with Gasteiger partial charge in [-0.2, -0.15) is 0 Å². The Bertz CT molecular complexity index is 1270. The van der Waals surface area contributed by atoms with Crippen LogP contribution in [0.2, 0.25) is 0 Å². The second-order valence-corrected chi connectivity index (χ2v) is 9.68. The number of esters is 1. The van der Waals surface area contributed by atoms with E-state index in [4.69, 9.17) is 15.2 Å². The van der Waals surface area contributed by atoms with Crippen molar-refractivity contribution in [2.45, 2.75) is 31.3 Å². The molecule has 0 unspecified atom stereocenters. The minimum absolute atomic E-state index is 0.00387. The number of piperidine rings is 1. The third-order valence-electron chi connectivity index (χ3n) is 6.53. The Morgan fingerprint density at radius 1 is 1.18 bits per heavy atom. The minimum Gasteiger partial charge on any atom is -0.486 e. The van der Waals surface area contributed by atoms with E-state index in [2.05, 4.69) is 0 Å². The molecule has 3 heterocycles. The third kappa shape index (κ3) is 3.84. The van der Waals surface area contributed by atoms with Gasteiger partial charge in [-0.3, -0.25) is 14.4 Å².